The molecule has 126 valence electrons. The second kappa shape index (κ2) is 7.82. The van der Waals surface area contributed by atoms with E-state index in [1.54, 1.807) is 6.07 Å². The van der Waals surface area contributed by atoms with Crippen molar-refractivity contribution in [3.05, 3.63) is 64.2 Å². The fraction of sp³-hybridized carbons (Fsp3) is 0.350. The molecule has 0 unspecified atom stereocenters. The molecule has 1 fully saturated rings. The van der Waals surface area contributed by atoms with Gasteiger partial charge in [0.2, 0.25) is 0 Å². The minimum Gasteiger partial charge on any atom is -0.322 e. The molecule has 0 radical (unpaired) electrons. The zero-order valence-electron chi connectivity index (χ0n) is 14.0. The molecule has 4 heteroatoms. The zero-order valence-corrected chi connectivity index (χ0v) is 14.8. The predicted molar refractivity (Wildman–Crippen MR) is 99.7 cm³/mol. The predicted octanol–water partition coefficient (Wildman–Crippen LogP) is 4.89. The summed E-state index contributed by atoms with van der Waals surface area (Å²) in [4.78, 5) is 14.8. The number of anilines is 1. The van der Waals surface area contributed by atoms with Gasteiger partial charge in [0.25, 0.3) is 5.91 Å². The molecule has 1 aliphatic heterocycles. The van der Waals surface area contributed by atoms with E-state index >= 15 is 0 Å². The molecular formula is C20H23ClN2O. The first-order chi connectivity index (χ1) is 11.6. The maximum Gasteiger partial charge on any atom is 0.255 e. The lowest BCUT2D eigenvalue weighted by Gasteiger charge is -2.26. The van der Waals surface area contributed by atoms with Crippen molar-refractivity contribution in [2.45, 2.75) is 32.7 Å². The minimum absolute atomic E-state index is 0.112. The van der Waals surface area contributed by atoms with Crippen LogP contribution >= 0.6 is 11.6 Å². The molecule has 0 saturated carbocycles. The molecule has 0 aromatic heterocycles. The van der Waals surface area contributed by atoms with Crippen LogP contribution in [0.4, 0.5) is 5.69 Å². The van der Waals surface area contributed by atoms with Crippen LogP contribution in [0.1, 0.15) is 40.7 Å². The molecule has 1 saturated heterocycles. The van der Waals surface area contributed by atoms with Crippen LogP contribution in [0, 0.1) is 6.92 Å². The largest absolute Gasteiger partial charge is 0.322 e. The number of hydrogen-bond acceptors (Lipinski definition) is 2. The second-order valence-corrected chi connectivity index (χ2v) is 6.86. The molecule has 1 heterocycles. The Labute approximate surface area is 148 Å². The molecule has 2 aromatic carbocycles. The number of piperidine rings is 1. The van der Waals surface area contributed by atoms with Crippen molar-refractivity contribution in [1.29, 1.82) is 0 Å². The molecule has 3 nitrogen and oxygen atoms in total. The summed E-state index contributed by atoms with van der Waals surface area (Å²) in [5.41, 5.74) is 3.63. The smallest absolute Gasteiger partial charge is 0.255 e. The van der Waals surface area contributed by atoms with Crippen LogP contribution in [0.2, 0.25) is 5.02 Å². The van der Waals surface area contributed by atoms with E-state index in [1.807, 2.05) is 43.3 Å². The molecule has 2 aromatic rings. The van der Waals surface area contributed by atoms with Gasteiger partial charge in [-0.25, -0.2) is 0 Å². The van der Waals surface area contributed by atoms with Crippen LogP contribution in [0.5, 0.6) is 0 Å². The molecule has 1 aliphatic rings. The highest BCUT2D eigenvalue weighted by molar-refractivity contribution is 6.31. The van der Waals surface area contributed by atoms with Gasteiger partial charge in [0.05, 0.1) is 0 Å². The second-order valence-electron chi connectivity index (χ2n) is 6.45. The molecule has 3 rings (SSSR count). The highest BCUT2D eigenvalue weighted by Crippen LogP contribution is 2.20. The number of nitrogens with one attached hydrogen (secondary N) is 1. The summed E-state index contributed by atoms with van der Waals surface area (Å²) in [6, 6.07) is 13.4. The summed E-state index contributed by atoms with van der Waals surface area (Å²) >= 11 is 6.10. The van der Waals surface area contributed by atoms with E-state index in [4.69, 9.17) is 11.6 Å². The maximum atomic E-state index is 12.3. The van der Waals surface area contributed by atoms with Gasteiger partial charge in [-0.05, 0) is 68.2 Å². The van der Waals surface area contributed by atoms with Gasteiger partial charge >= 0.3 is 0 Å². The number of aryl methyl sites for hydroxylation is 1. The van der Waals surface area contributed by atoms with Crippen molar-refractivity contribution < 1.29 is 4.79 Å². The summed E-state index contributed by atoms with van der Waals surface area (Å²) in [7, 11) is 0. The number of amides is 1. The standard InChI is InChI=1S/C20H23ClN2O/c1-15-5-10-18(13-19(15)21)22-20(24)17-8-6-16(7-9-17)14-23-11-3-2-4-12-23/h5-10,13H,2-4,11-12,14H2,1H3,(H,22,24). The Morgan fingerprint density at radius 1 is 1.08 bits per heavy atom. The van der Waals surface area contributed by atoms with E-state index in [0.717, 1.165) is 12.1 Å². The number of hydrogen-bond donors (Lipinski definition) is 1. The third-order valence-corrected chi connectivity index (χ3v) is 4.91. The van der Waals surface area contributed by atoms with Crippen molar-refractivity contribution in [2.24, 2.45) is 0 Å². The monoisotopic (exact) mass is 342 g/mol. The van der Waals surface area contributed by atoms with E-state index in [1.165, 1.54) is 37.9 Å². The van der Waals surface area contributed by atoms with Crippen molar-refractivity contribution in [1.82, 2.24) is 4.90 Å². The van der Waals surface area contributed by atoms with Crippen molar-refractivity contribution >= 4 is 23.2 Å². The van der Waals surface area contributed by atoms with Gasteiger partial charge in [0.1, 0.15) is 0 Å². The van der Waals surface area contributed by atoms with E-state index in [9.17, 15) is 4.79 Å². The van der Waals surface area contributed by atoms with Crippen molar-refractivity contribution in [3.63, 3.8) is 0 Å². The zero-order chi connectivity index (χ0) is 16.9. The summed E-state index contributed by atoms with van der Waals surface area (Å²) in [5, 5.41) is 3.55. The molecule has 0 spiro atoms. The summed E-state index contributed by atoms with van der Waals surface area (Å²) in [6.45, 7) is 5.26. The lowest BCUT2D eigenvalue weighted by molar-refractivity contribution is 0.102. The van der Waals surface area contributed by atoms with Gasteiger partial charge in [0.15, 0.2) is 0 Å². The van der Waals surface area contributed by atoms with E-state index in [-0.39, 0.29) is 5.91 Å². The maximum absolute atomic E-state index is 12.3. The van der Waals surface area contributed by atoms with Gasteiger partial charge in [-0.1, -0.05) is 36.2 Å². The lowest BCUT2D eigenvalue weighted by atomic mass is 10.1. The highest BCUT2D eigenvalue weighted by atomic mass is 35.5. The first kappa shape index (κ1) is 17.0. The molecule has 1 N–H and O–H groups in total. The molecule has 0 atom stereocenters. The van der Waals surface area contributed by atoms with Crippen LogP contribution in [-0.2, 0) is 6.54 Å². The Kier molecular flexibility index (Phi) is 5.54. The summed E-state index contributed by atoms with van der Waals surface area (Å²) in [5.74, 6) is -0.112. The van der Waals surface area contributed by atoms with Gasteiger partial charge in [-0.15, -0.1) is 0 Å². The number of carbonyl (C=O) groups is 1. The van der Waals surface area contributed by atoms with E-state index in [2.05, 4.69) is 10.2 Å². The lowest BCUT2D eigenvalue weighted by Crippen LogP contribution is -2.29. The normalized spacial score (nSPS) is 15.2. The topological polar surface area (TPSA) is 32.3 Å². The number of rotatable bonds is 4. The van der Waals surface area contributed by atoms with Crippen LogP contribution in [0.25, 0.3) is 0 Å². The number of carbonyl (C=O) groups excluding carboxylic acids is 1. The van der Waals surface area contributed by atoms with Crippen LogP contribution in [0.15, 0.2) is 42.5 Å². The Morgan fingerprint density at radius 2 is 1.79 bits per heavy atom. The first-order valence-electron chi connectivity index (χ1n) is 8.50. The third-order valence-electron chi connectivity index (χ3n) is 4.50. The van der Waals surface area contributed by atoms with E-state index in [0.29, 0.717) is 16.3 Å². The molecule has 24 heavy (non-hydrogen) atoms. The Bertz CT molecular complexity index is 706. The Morgan fingerprint density at radius 3 is 2.46 bits per heavy atom. The van der Waals surface area contributed by atoms with Crippen molar-refractivity contribution in [3.8, 4) is 0 Å². The summed E-state index contributed by atoms with van der Waals surface area (Å²) < 4.78 is 0. The average molecular weight is 343 g/mol. The Balaban J connectivity index is 1.61. The minimum atomic E-state index is -0.112. The third kappa shape index (κ3) is 4.37. The average Bonchev–Trinajstić information content (AvgIpc) is 2.60. The number of benzene rings is 2. The molecule has 1 amide bonds. The van der Waals surface area contributed by atoms with Crippen LogP contribution < -0.4 is 5.32 Å². The van der Waals surface area contributed by atoms with Gasteiger partial charge in [-0.2, -0.15) is 0 Å². The van der Waals surface area contributed by atoms with Crippen LogP contribution in [0.3, 0.4) is 0 Å². The fourth-order valence-corrected chi connectivity index (χ4v) is 3.19. The molecule has 0 bridgehead atoms. The van der Waals surface area contributed by atoms with Gasteiger partial charge in [0, 0.05) is 22.8 Å². The van der Waals surface area contributed by atoms with Gasteiger partial charge in [-0.3, -0.25) is 9.69 Å². The van der Waals surface area contributed by atoms with Gasteiger partial charge < -0.3 is 5.32 Å². The SMILES string of the molecule is Cc1ccc(NC(=O)c2ccc(CN3CCCCC3)cc2)cc1Cl. The fourth-order valence-electron chi connectivity index (χ4n) is 3.01. The van der Waals surface area contributed by atoms with Crippen LogP contribution in [-0.4, -0.2) is 23.9 Å². The highest BCUT2D eigenvalue weighted by Gasteiger charge is 2.11. The first-order valence-corrected chi connectivity index (χ1v) is 8.88. The van der Waals surface area contributed by atoms with Crippen molar-refractivity contribution in [2.75, 3.05) is 18.4 Å². The number of likely N-dealkylation sites (tertiary alicyclic amines) is 1. The number of halogens is 1. The quantitative estimate of drug-likeness (QED) is 0.858. The Hall–Kier alpha value is -1.84. The van der Waals surface area contributed by atoms with E-state index < -0.39 is 0 Å². The number of nitrogens with zero attached hydrogens (tertiary/aromatic N) is 1. The molecular weight excluding hydrogens is 320 g/mol. The summed E-state index contributed by atoms with van der Waals surface area (Å²) in [6.07, 6.45) is 3.93. The molecule has 0 aliphatic carbocycles.